The van der Waals surface area contributed by atoms with Gasteiger partial charge >= 0.3 is 0 Å². The molecular formula is C12H16BrClN2O2S. The molecule has 1 aliphatic heterocycles. The largest absolute Gasteiger partial charge is 0.301 e. The standard InChI is InChI=1S/C12H16BrClN2O2S/c1-9-8-16(6-5-15(9)2)19(17,18)10-3-4-12(14)11(13)7-10/h3-4,7,9H,5-6,8H2,1-2H3. The Kier molecular flexibility index (Phi) is 4.57. The van der Waals surface area contributed by atoms with Gasteiger partial charge in [0.15, 0.2) is 0 Å². The zero-order valence-corrected chi connectivity index (χ0v) is 14.0. The number of halogens is 2. The van der Waals surface area contributed by atoms with E-state index in [1.54, 1.807) is 18.2 Å². The molecular weight excluding hydrogens is 352 g/mol. The van der Waals surface area contributed by atoms with Crippen LogP contribution in [0.4, 0.5) is 0 Å². The summed E-state index contributed by atoms with van der Waals surface area (Å²) in [4.78, 5) is 2.43. The Balaban J connectivity index is 2.29. The molecule has 0 N–H and O–H groups in total. The summed E-state index contributed by atoms with van der Waals surface area (Å²) in [5, 5.41) is 0.505. The van der Waals surface area contributed by atoms with Crippen LogP contribution in [0.15, 0.2) is 27.6 Å². The molecule has 1 atom stereocenters. The Morgan fingerprint density at radius 1 is 1.37 bits per heavy atom. The molecule has 0 aliphatic carbocycles. The zero-order valence-electron chi connectivity index (χ0n) is 10.8. The molecule has 2 rings (SSSR count). The van der Waals surface area contributed by atoms with Crippen LogP contribution in [0.2, 0.25) is 5.02 Å². The van der Waals surface area contributed by atoms with Crippen LogP contribution in [0.25, 0.3) is 0 Å². The first-order valence-electron chi connectivity index (χ1n) is 5.98. The quantitative estimate of drug-likeness (QED) is 0.806. The first-order chi connectivity index (χ1) is 8.82. The maximum absolute atomic E-state index is 12.5. The van der Waals surface area contributed by atoms with Crippen molar-refractivity contribution in [2.45, 2.75) is 17.9 Å². The Bertz CT molecular complexity index is 579. The van der Waals surface area contributed by atoms with Gasteiger partial charge in [0.1, 0.15) is 0 Å². The maximum atomic E-state index is 12.5. The van der Waals surface area contributed by atoms with E-state index >= 15 is 0 Å². The zero-order chi connectivity index (χ0) is 14.2. The third-order valence-electron chi connectivity index (χ3n) is 3.45. The summed E-state index contributed by atoms with van der Waals surface area (Å²) in [5.74, 6) is 0. The van der Waals surface area contributed by atoms with Gasteiger partial charge in [-0.3, -0.25) is 0 Å². The molecule has 0 aromatic heterocycles. The Morgan fingerprint density at radius 2 is 2.05 bits per heavy atom. The predicted octanol–water partition coefficient (Wildman–Crippen LogP) is 2.43. The number of nitrogens with zero attached hydrogens (tertiary/aromatic N) is 2. The van der Waals surface area contributed by atoms with Gasteiger partial charge in [0, 0.05) is 30.1 Å². The van der Waals surface area contributed by atoms with Gasteiger partial charge in [-0.05, 0) is 48.1 Å². The molecule has 1 aromatic carbocycles. The number of likely N-dealkylation sites (N-methyl/N-ethyl adjacent to an activating group) is 1. The Labute approximate surface area is 127 Å². The van der Waals surface area contributed by atoms with Gasteiger partial charge in [0.05, 0.1) is 9.92 Å². The van der Waals surface area contributed by atoms with Crippen LogP contribution in [-0.4, -0.2) is 50.3 Å². The second-order valence-electron chi connectivity index (χ2n) is 4.77. The minimum atomic E-state index is -3.44. The van der Waals surface area contributed by atoms with Crippen LogP contribution in [0.3, 0.4) is 0 Å². The average molecular weight is 368 g/mol. The van der Waals surface area contributed by atoms with Crippen LogP contribution in [-0.2, 0) is 10.0 Å². The van der Waals surface area contributed by atoms with E-state index in [9.17, 15) is 8.42 Å². The molecule has 0 bridgehead atoms. The molecule has 0 radical (unpaired) electrons. The number of sulfonamides is 1. The summed E-state index contributed by atoms with van der Waals surface area (Å²) >= 11 is 9.16. The highest BCUT2D eigenvalue weighted by Gasteiger charge is 2.30. The Morgan fingerprint density at radius 3 is 2.63 bits per heavy atom. The molecule has 1 heterocycles. The van der Waals surface area contributed by atoms with Crippen molar-refractivity contribution in [1.82, 2.24) is 9.21 Å². The molecule has 0 saturated carbocycles. The highest BCUT2D eigenvalue weighted by molar-refractivity contribution is 9.10. The fourth-order valence-electron chi connectivity index (χ4n) is 2.02. The molecule has 0 spiro atoms. The lowest BCUT2D eigenvalue weighted by Gasteiger charge is -2.36. The first kappa shape index (κ1) is 15.3. The lowest BCUT2D eigenvalue weighted by molar-refractivity contribution is 0.159. The molecule has 4 nitrogen and oxygen atoms in total. The van der Waals surface area contributed by atoms with E-state index in [2.05, 4.69) is 20.8 Å². The number of piperazine rings is 1. The van der Waals surface area contributed by atoms with Gasteiger partial charge in [-0.15, -0.1) is 0 Å². The highest BCUT2D eigenvalue weighted by Crippen LogP contribution is 2.27. The highest BCUT2D eigenvalue weighted by atomic mass is 79.9. The van der Waals surface area contributed by atoms with E-state index in [0.29, 0.717) is 22.6 Å². The fraction of sp³-hybridized carbons (Fsp3) is 0.500. The van der Waals surface area contributed by atoms with E-state index in [4.69, 9.17) is 11.6 Å². The van der Waals surface area contributed by atoms with E-state index < -0.39 is 10.0 Å². The summed E-state index contributed by atoms with van der Waals surface area (Å²) in [5.41, 5.74) is 0. The van der Waals surface area contributed by atoms with Crippen LogP contribution < -0.4 is 0 Å². The van der Waals surface area contributed by atoms with Gasteiger partial charge in [-0.2, -0.15) is 4.31 Å². The van der Waals surface area contributed by atoms with Gasteiger partial charge in [-0.1, -0.05) is 11.6 Å². The van der Waals surface area contributed by atoms with E-state index in [1.807, 2.05) is 14.0 Å². The van der Waals surface area contributed by atoms with Gasteiger partial charge < -0.3 is 4.90 Å². The lowest BCUT2D eigenvalue weighted by atomic mass is 10.2. The molecule has 1 unspecified atom stereocenters. The van der Waals surface area contributed by atoms with Crippen molar-refractivity contribution in [3.63, 3.8) is 0 Å². The van der Waals surface area contributed by atoms with Crippen molar-refractivity contribution in [2.75, 3.05) is 26.7 Å². The monoisotopic (exact) mass is 366 g/mol. The smallest absolute Gasteiger partial charge is 0.243 e. The Hall–Kier alpha value is -0.140. The fourth-order valence-corrected chi connectivity index (χ4v) is 4.21. The topological polar surface area (TPSA) is 40.6 Å². The van der Waals surface area contributed by atoms with Gasteiger partial charge in [0.25, 0.3) is 0 Å². The second-order valence-corrected chi connectivity index (χ2v) is 7.97. The third kappa shape index (κ3) is 3.13. The number of hydrogen-bond acceptors (Lipinski definition) is 3. The lowest BCUT2D eigenvalue weighted by Crippen LogP contribution is -2.51. The van der Waals surface area contributed by atoms with Crippen molar-refractivity contribution < 1.29 is 8.42 Å². The number of rotatable bonds is 2. The van der Waals surface area contributed by atoms with Crippen LogP contribution in [0.1, 0.15) is 6.92 Å². The van der Waals surface area contributed by atoms with Crippen LogP contribution in [0.5, 0.6) is 0 Å². The van der Waals surface area contributed by atoms with E-state index in [-0.39, 0.29) is 10.9 Å². The van der Waals surface area contributed by atoms with E-state index in [0.717, 1.165) is 6.54 Å². The molecule has 0 amide bonds. The second kappa shape index (κ2) is 5.69. The molecule has 1 aliphatic rings. The minimum absolute atomic E-state index is 0.222. The minimum Gasteiger partial charge on any atom is -0.301 e. The summed E-state index contributed by atoms with van der Waals surface area (Å²) in [6.45, 7) is 3.80. The molecule has 1 aromatic rings. The van der Waals surface area contributed by atoms with Crippen LogP contribution in [0, 0.1) is 0 Å². The van der Waals surface area contributed by atoms with Crippen molar-refractivity contribution in [3.8, 4) is 0 Å². The average Bonchev–Trinajstić information content (AvgIpc) is 2.35. The SMILES string of the molecule is CC1CN(S(=O)(=O)c2ccc(Cl)c(Br)c2)CCN1C. The predicted molar refractivity (Wildman–Crippen MR) is 80.0 cm³/mol. The first-order valence-corrected chi connectivity index (χ1v) is 8.59. The normalized spacial score (nSPS) is 22.6. The van der Waals surface area contributed by atoms with Gasteiger partial charge in [0.2, 0.25) is 10.0 Å². The van der Waals surface area contributed by atoms with Crippen molar-refractivity contribution >= 4 is 37.6 Å². The van der Waals surface area contributed by atoms with E-state index in [1.165, 1.54) is 4.31 Å². The third-order valence-corrected chi connectivity index (χ3v) is 6.53. The number of benzene rings is 1. The van der Waals surface area contributed by atoms with Crippen molar-refractivity contribution in [3.05, 3.63) is 27.7 Å². The summed E-state index contributed by atoms with van der Waals surface area (Å²) in [6.07, 6.45) is 0. The van der Waals surface area contributed by atoms with Gasteiger partial charge in [-0.25, -0.2) is 8.42 Å². The maximum Gasteiger partial charge on any atom is 0.243 e. The molecule has 1 saturated heterocycles. The molecule has 1 fully saturated rings. The molecule has 19 heavy (non-hydrogen) atoms. The number of hydrogen-bond donors (Lipinski definition) is 0. The van der Waals surface area contributed by atoms with Crippen LogP contribution >= 0.6 is 27.5 Å². The van der Waals surface area contributed by atoms with Crippen molar-refractivity contribution in [1.29, 1.82) is 0 Å². The van der Waals surface area contributed by atoms with Crippen molar-refractivity contribution in [2.24, 2.45) is 0 Å². The molecule has 7 heteroatoms. The summed E-state index contributed by atoms with van der Waals surface area (Å²) in [6, 6.07) is 4.92. The molecule has 106 valence electrons. The summed E-state index contributed by atoms with van der Waals surface area (Å²) in [7, 11) is -1.43. The summed E-state index contributed by atoms with van der Waals surface area (Å²) < 4.78 is 27.2.